The summed E-state index contributed by atoms with van der Waals surface area (Å²) in [7, 11) is 0. The normalized spacial score (nSPS) is 32.1. The van der Waals surface area contributed by atoms with E-state index in [1.807, 2.05) is 62.4 Å². The minimum absolute atomic E-state index is 0.0525. The first kappa shape index (κ1) is 31.4. The van der Waals surface area contributed by atoms with Crippen molar-refractivity contribution in [3.63, 3.8) is 0 Å². The second-order valence-electron chi connectivity index (χ2n) is 11.9. The number of hydrogen-bond donors (Lipinski definition) is 2. The lowest BCUT2D eigenvalue weighted by molar-refractivity contribution is -0.148. The predicted molar refractivity (Wildman–Crippen MR) is 162 cm³/mol. The van der Waals surface area contributed by atoms with Gasteiger partial charge in [-0.25, -0.2) is 0 Å². The van der Waals surface area contributed by atoms with Gasteiger partial charge in [0.2, 0.25) is 17.7 Å². The Bertz CT molecular complexity index is 1280. The highest BCUT2D eigenvalue weighted by Crippen LogP contribution is 2.58. The Balaban J connectivity index is 1.56. The van der Waals surface area contributed by atoms with E-state index >= 15 is 0 Å². The van der Waals surface area contributed by atoms with E-state index in [2.05, 4.69) is 21.2 Å². The largest absolute Gasteiger partial charge is 0.463 e. The monoisotopic (exact) mass is 657 g/mol. The second-order valence-corrected chi connectivity index (χ2v) is 12.8. The topological polar surface area (TPSA) is 125 Å². The molecule has 232 valence electrons. The molecule has 0 aliphatic carbocycles. The van der Waals surface area contributed by atoms with E-state index in [9.17, 15) is 24.3 Å². The van der Waals surface area contributed by atoms with Crippen LogP contribution in [-0.2, 0) is 28.7 Å². The number of rotatable bonds is 7. The summed E-state index contributed by atoms with van der Waals surface area (Å²) in [5, 5.41) is 12.3. The molecule has 1 spiro atoms. The number of aliphatic hydroxyl groups is 1. The molecule has 4 aliphatic heterocycles. The first-order valence-corrected chi connectivity index (χ1v) is 15.9. The molecule has 0 unspecified atom stereocenters. The maximum absolute atomic E-state index is 14.4. The van der Waals surface area contributed by atoms with Gasteiger partial charge >= 0.3 is 5.97 Å². The van der Waals surface area contributed by atoms with Crippen molar-refractivity contribution >= 4 is 39.6 Å². The number of amides is 3. The number of benzene rings is 1. The zero-order chi connectivity index (χ0) is 30.7. The molecule has 0 saturated carbocycles. The van der Waals surface area contributed by atoms with Crippen LogP contribution in [0.5, 0.6) is 0 Å². The van der Waals surface area contributed by atoms with Crippen LogP contribution in [0.25, 0.3) is 0 Å². The Morgan fingerprint density at radius 1 is 1.07 bits per heavy atom. The Morgan fingerprint density at radius 2 is 1.84 bits per heavy atom. The molecule has 6 atom stereocenters. The lowest BCUT2D eigenvalue weighted by Gasteiger charge is -2.37. The van der Waals surface area contributed by atoms with Gasteiger partial charge in [-0.3, -0.25) is 19.2 Å². The van der Waals surface area contributed by atoms with Crippen LogP contribution in [0.1, 0.15) is 57.6 Å². The summed E-state index contributed by atoms with van der Waals surface area (Å²) < 4.78 is 12.8. The molecule has 3 amide bonds. The summed E-state index contributed by atoms with van der Waals surface area (Å²) in [5.74, 6) is -3.12. The molecule has 2 fully saturated rings. The van der Waals surface area contributed by atoms with Crippen molar-refractivity contribution in [1.82, 2.24) is 15.1 Å². The van der Waals surface area contributed by atoms with Crippen molar-refractivity contribution < 1.29 is 33.8 Å². The van der Waals surface area contributed by atoms with Crippen LogP contribution in [0.2, 0.25) is 0 Å². The molecule has 11 heteroatoms. The highest BCUT2D eigenvalue weighted by molar-refractivity contribution is 9.11. The zero-order valence-corrected chi connectivity index (χ0v) is 26.2. The van der Waals surface area contributed by atoms with Crippen molar-refractivity contribution in [3.05, 3.63) is 58.6 Å². The summed E-state index contributed by atoms with van der Waals surface area (Å²) in [6, 6.07) is 7.49. The standard InChI is InChI=1S/C32H40BrN3O7/c1-20(2)35-15-9-4-8-14-24(38)42-19-23(21-12-6-3-7-13-21)34-29(39)25-26-30(40)36(16-10-5-11-17-37)28(31(35)41)32(26)18-22(33)27(25)43-32/h3-4,6-7,9,12-13,18,20,23,25-28,37H,5,8,10-11,14-17,19H2,1-2H3,(H,34,39)/b9-4-/t23-,25-,26+,27-,28-,32+/m0/s1. The van der Waals surface area contributed by atoms with Gasteiger partial charge in [0.15, 0.2) is 0 Å². The third-order valence-electron chi connectivity index (χ3n) is 8.84. The summed E-state index contributed by atoms with van der Waals surface area (Å²) in [5.41, 5.74) is -0.547. The lowest BCUT2D eigenvalue weighted by Crippen LogP contribution is -2.57. The van der Waals surface area contributed by atoms with Gasteiger partial charge in [-0.15, -0.1) is 0 Å². The minimum Gasteiger partial charge on any atom is -0.463 e. The van der Waals surface area contributed by atoms with Crippen LogP contribution in [0.3, 0.4) is 0 Å². The summed E-state index contributed by atoms with van der Waals surface area (Å²) in [6.07, 6.45) is 7.31. The first-order valence-electron chi connectivity index (χ1n) is 15.1. The molecule has 4 aliphatic rings. The van der Waals surface area contributed by atoms with E-state index in [0.29, 0.717) is 43.3 Å². The van der Waals surface area contributed by atoms with Gasteiger partial charge in [-0.2, -0.15) is 0 Å². The number of nitrogens with one attached hydrogen (secondary N) is 1. The molecule has 4 heterocycles. The Hall–Kier alpha value is -3.02. The fourth-order valence-electron chi connectivity index (χ4n) is 6.75. The molecule has 2 saturated heterocycles. The van der Waals surface area contributed by atoms with Crippen LogP contribution in [0.15, 0.2) is 53.0 Å². The van der Waals surface area contributed by atoms with Gasteiger partial charge < -0.3 is 29.7 Å². The van der Waals surface area contributed by atoms with Gasteiger partial charge in [-0.05, 0) is 51.2 Å². The molecule has 2 N–H and O–H groups in total. The number of esters is 1. The van der Waals surface area contributed by atoms with E-state index in [-0.39, 0.29) is 43.5 Å². The van der Waals surface area contributed by atoms with Gasteiger partial charge in [0, 0.05) is 36.6 Å². The number of carbonyl (C=O) groups is 4. The molecule has 0 aromatic heterocycles. The molecule has 43 heavy (non-hydrogen) atoms. The van der Waals surface area contributed by atoms with Crippen molar-refractivity contribution in [2.75, 3.05) is 26.3 Å². The first-order chi connectivity index (χ1) is 20.7. The predicted octanol–water partition coefficient (Wildman–Crippen LogP) is 3.01. The molecule has 5 bridgehead atoms. The average Bonchev–Trinajstić information content (AvgIpc) is 3.57. The highest BCUT2D eigenvalue weighted by Gasteiger charge is 2.74. The number of allylic oxidation sites excluding steroid dienone is 1. The number of ether oxygens (including phenoxy) is 2. The molecule has 1 aromatic rings. The van der Waals surface area contributed by atoms with Crippen LogP contribution >= 0.6 is 15.9 Å². The minimum atomic E-state index is -1.31. The molecule has 5 rings (SSSR count). The third kappa shape index (κ3) is 6.04. The highest BCUT2D eigenvalue weighted by atomic mass is 79.9. The van der Waals surface area contributed by atoms with E-state index < -0.39 is 41.5 Å². The van der Waals surface area contributed by atoms with Gasteiger partial charge in [0.25, 0.3) is 0 Å². The van der Waals surface area contributed by atoms with Crippen molar-refractivity contribution in [3.8, 4) is 0 Å². The lowest BCUT2D eigenvalue weighted by atomic mass is 9.74. The number of cyclic esters (lactones) is 1. The van der Waals surface area contributed by atoms with Crippen LogP contribution < -0.4 is 5.32 Å². The van der Waals surface area contributed by atoms with E-state index in [0.717, 1.165) is 5.56 Å². The van der Waals surface area contributed by atoms with E-state index in [1.54, 1.807) is 9.80 Å². The van der Waals surface area contributed by atoms with Crippen LogP contribution in [0, 0.1) is 11.8 Å². The quantitative estimate of drug-likeness (QED) is 0.262. The number of likely N-dealkylation sites (tertiary alicyclic amines) is 1. The molecule has 1 aromatic carbocycles. The summed E-state index contributed by atoms with van der Waals surface area (Å²) >= 11 is 3.60. The van der Waals surface area contributed by atoms with Gasteiger partial charge in [-0.1, -0.05) is 58.4 Å². The fraction of sp³-hybridized carbons (Fsp3) is 0.562. The zero-order valence-electron chi connectivity index (χ0n) is 24.6. The van der Waals surface area contributed by atoms with Crippen molar-refractivity contribution in [2.24, 2.45) is 11.8 Å². The van der Waals surface area contributed by atoms with E-state index in [1.165, 1.54) is 0 Å². The number of hydrogen-bond acceptors (Lipinski definition) is 7. The average molecular weight is 659 g/mol. The van der Waals surface area contributed by atoms with Crippen molar-refractivity contribution in [2.45, 2.75) is 75.8 Å². The number of fused-ring (bicyclic) bond motifs is 2. The fourth-order valence-corrected chi connectivity index (χ4v) is 7.48. The number of aliphatic hydroxyl groups excluding tert-OH is 1. The maximum atomic E-state index is 14.4. The number of unbranched alkanes of at least 4 members (excludes halogenated alkanes) is 2. The number of carbonyl (C=O) groups excluding carboxylic acids is 4. The molecular weight excluding hydrogens is 618 g/mol. The van der Waals surface area contributed by atoms with E-state index in [4.69, 9.17) is 9.47 Å². The smallest absolute Gasteiger partial charge is 0.306 e. The summed E-state index contributed by atoms with van der Waals surface area (Å²) in [6.45, 7) is 4.44. The molecule has 10 nitrogen and oxygen atoms in total. The van der Waals surface area contributed by atoms with Gasteiger partial charge in [0.1, 0.15) is 24.4 Å². The van der Waals surface area contributed by atoms with Crippen LogP contribution in [-0.4, -0.2) is 88.7 Å². The third-order valence-corrected chi connectivity index (χ3v) is 9.52. The Morgan fingerprint density at radius 3 is 2.56 bits per heavy atom. The van der Waals surface area contributed by atoms with Gasteiger partial charge in [0.05, 0.1) is 17.9 Å². The molecular formula is C32H40BrN3O7. The SMILES string of the molecule is CC(C)N1C/C=C\CCC(=O)OC[C@@H](c2ccccc2)NC(=O)[C@@H]2[C@H]3O[C@@]4(C=C3Br)[C@H](C1=O)N(CCCCCO)C(=O)[C@@H]24. The maximum Gasteiger partial charge on any atom is 0.306 e. The second kappa shape index (κ2) is 13.3. The Kier molecular flexibility index (Phi) is 9.73. The van der Waals surface area contributed by atoms with Crippen LogP contribution in [0.4, 0.5) is 0 Å². The number of halogens is 1. The Labute approximate surface area is 260 Å². The van der Waals surface area contributed by atoms with Crippen molar-refractivity contribution in [1.29, 1.82) is 0 Å². The molecule has 0 radical (unpaired) electrons. The number of nitrogens with zero attached hydrogens (tertiary/aromatic N) is 2. The summed E-state index contributed by atoms with van der Waals surface area (Å²) in [4.78, 5) is 58.7.